The van der Waals surface area contributed by atoms with Crippen molar-refractivity contribution in [2.75, 3.05) is 0 Å². The minimum atomic E-state index is 0.668. The lowest BCUT2D eigenvalue weighted by Gasteiger charge is -2.11. The molecule has 1 unspecified atom stereocenters. The highest BCUT2D eigenvalue weighted by Gasteiger charge is 2.05. The van der Waals surface area contributed by atoms with Crippen molar-refractivity contribution < 1.29 is 0 Å². The van der Waals surface area contributed by atoms with Crippen molar-refractivity contribution in [3.05, 3.63) is 34.9 Å². The van der Waals surface area contributed by atoms with E-state index in [9.17, 15) is 0 Å². The lowest BCUT2D eigenvalue weighted by Crippen LogP contribution is -2.01. The van der Waals surface area contributed by atoms with Crippen LogP contribution >= 0.6 is 15.9 Å². The number of aryl methyl sites for hydroxylation is 2. The van der Waals surface area contributed by atoms with E-state index in [4.69, 9.17) is 0 Å². The predicted octanol–water partition coefficient (Wildman–Crippen LogP) is 4.41. The summed E-state index contributed by atoms with van der Waals surface area (Å²) in [4.78, 5) is 0.668. The van der Waals surface area contributed by atoms with E-state index in [1.165, 1.54) is 36.0 Å². The topological polar surface area (TPSA) is 0 Å². The van der Waals surface area contributed by atoms with Crippen molar-refractivity contribution in [3.8, 4) is 0 Å². The Morgan fingerprint density at radius 2 is 1.79 bits per heavy atom. The third-order valence-electron chi connectivity index (χ3n) is 2.80. The molecule has 1 rings (SSSR count). The normalized spacial score (nSPS) is 12.9. The molecular formula is C13H19Br. The van der Waals surface area contributed by atoms with Gasteiger partial charge < -0.3 is 0 Å². The van der Waals surface area contributed by atoms with Gasteiger partial charge in [-0.25, -0.2) is 0 Å². The standard InChI is InChI=1S/C13H19Br/c1-4-12(14)8-9-13-10(2)6-5-7-11(13)3/h5-7,12H,4,8-9H2,1-3H3. The second kappa shape index (κ2) is 5.55. The highest BCUT2D eigenvalue weighted by molar-refractivity contribution is 9.09. The van der Waals surface area contributed by atoms with E-state index < -0.39 is 0 Å². The summed E-state index contributed by atoms with van der Waals surface area (Å²) in [6.07, 6.45) is 3.65. The Labute approximate surface area is 95.9 Å². The van der Waals surface area contributed by atoms with Gasteiger partial charge >= 0.3 is 0 Å². The fraction of sp³-hybridized carbons (Fsp3) is 0.538. The number of alkyl halides is 1. The maximum atomic E-state index is 3.68. The molecule has 0 bridgehead atoms. The molecule has 1 aromatic carbocycles. The van der Waals surface area contributed by atoms with E-state index in [0.717, 1.165) is 0 Å². The molecule has 14 heavy (non-hydrogen) atoms. The Morgan fingerprint density at radius 3 is 2.29 bits per heavy atom. The molecular weight excluding hydrogens is 236 g/mol. The first-order valence-corrected chi connectivity index (χ1v) is 6.26. The molecule has 0 saturated heterocycles. The van der Waals surface area contributed by atoms with Crippen LogP contribution in [0.4, 0.5) is 0 Å². The second-order valence-corrected chi connectivity index (χ2v) is 5.21. The lowest BCUT2D eigenvalue weighted by molar-refractivity contribution is 0.741. The molecule has 0 aromatic heterocycles. The van der Waals surface area contributed by atoms with Gasteiger partial charge in [0, 0.05) is 4.83 Å². The van der Waals surface area contributed by atoms with E-state index >= 15 is 0 Å². The molecule has 1 heteroatoms. The Kier molecular flexibility index (Phi) is 4.67. The number of rotatable bonds is 4. The van der Waals surface area contributed by atoms with Crippen LogP contribution in [0.3, 0.4) is 0 Å². The Balaban J connectivity index is 2.66. The first-order chi connectivity index (χ1) is 6.65. The molecule has 0 amide bonds. The number of benzene rings is 1. The van der Waals surface area contributed by atoms with Gasteiger partial charge in [-0.1, -0.05) is 41.1 Å². The SMILES string of the molecule is CCC(Br)CCc1c(C)cccc1C. The minimum absolute atomic E-state index is 0.668. The van der Waals surface area contributed by atoms with Crippen LogP contribution in [-0.4, -0.2) is 4.83 Å². The van der Waals surface area contributed by atoms with Crippen molar-refractivity contribution in [2.45, 2.75) is 44.9 Å². The molecule has 0 aliphatic heterocycles. The molecule has 0 fully saturated rings. The molecule has 1 aromatic rings. The predicted molar refractivity (Wildman–Crippen MR) is 67.2 cm³/mol. The summed E-state index contributed by atoms with van der Waals surface area (Å²) in [5, 5.41) is 0. The molecule has 0 heterocycles. The van der Waals surface area contributed by atoms with E-state index in [2.05, 4.69) is 54.9 Å². The first-order valence-electron chi connectivity index (χ1n) is 5.34. The van der Waals surface area contributed by atoms with Gasteiger partial charge in [0.05, 0.1) is 0 Å². The Bertz CT molecular complexity index is 271. The zero-order valence-corrected chi connectivity index (χ0v) is 10.9. The first kappa shape index (κ1) is 11.8. The van der Waals surface area contributed by atoms with Crippen molar-refractivity contribution in [2.24, 2.45) is 0 Å². The van der Waals surface area contributed by atoms with Crippen molar-refractivity contribution in [1.82, 2.24) is 0 Å². The average molecular weight is 255 g/mol. The summed E-state index contributed by atoms with van der Waals surface area (Å²) < 4.78 is 0. The van der Waals surface area contributed by atoms with Gasteiger partial charge in [0.15, 0.2) is 0 Å². The van der Waals surface area contributed by atoms with Crippen molar-refractivity contribution in [3.63, 3.8) is 0 Å². The van der Waals surface area contributed by atoms with Crippen LogP contribution in [0.5, 0.6) is 0 Å². The van der Waals surface area contributed by atoms with E-state index in [1.54, 1.807) is 0 Å². The molecule has 0 aliphatic carbocycles. The summed E-state index contributed by atoms with van der Waals surface area (Å²) in [6.45, 7) is 6.64. The van der Waals surface area contributed by atoms with Gasteiger partial charge in [0.2, 0.25) is 0 Å². The largest absolute Gasteiger partial charge is 0.0891 e. The molecule has 0 spiro atoms. The fourth-order valence-corrected chi connectivity index (χ4v) is 1.98. The Hall–Kier alpha value is -0.300. The number of halogens is 1. The van der Waals surface area contributed by atoms with Crippen LogP contribution in [0, 0.1) is 13.8 Å². The van der Waals surface area contributed by atoms with Gasteiger partial charge in [-0.05, 0) is 49.8 Å². The van der Waals surface area contributed by atoms with Crippen LogP contribution in [0.1, 0.15) is 36.5 Å². The van der Waals surface area contributed by atoms with Gasteiger partial charge in [-0.3, -0.25) is 0 Å². The van der Waals surface area contributed by atoms with Crippen LogP contribution < -0.4 is 0 Å². The van der Waals surface area contributed by atoms with Crippen LogP contribution in [0.15, 0.2) is 18.2 Å². The monoisotopic (exact) mass is 254 g/mol. The number of hydrogen-bond donors (Lipinski definition) is 0. The van der Waals surface area contributed by atoms with E-state index in [-0.39, 0.29) is 0 Å². The molecule has 0 N–H and O–H groups in total. The summed E-state index contributed by atoms with van der Waals surface area (Å²) in [7, 11) is 0. The van der Waals surface area contributed by atoms with Gasteiger partial charge in [0.1, 0.15) is 0 Å². The summed E-state index contributed by atoms with van der Waals surface area (Å²) in [6, 6.07) is 6.55. The second-order valence-electron chi connectivity index (χ2n) is 3.91. The molecule has 1 atom stereocenters. The summed E-state index contributed by atoms with van der Waals surface area (Å²) >= 11 is 3.68. The third kappa shape index (κ3) is 3.13. The van der Waals surface area contributed by atoms with Gasteiger partial charge in [-0.15, -0.1) is 0 Å². The number of hydrogen-bond acceptors (Lipinski definition) is 0. The minimum Gasteiger partial charge on any atom is -0.0891 e. The summed E-state index contributed by atoms with van der Waals surface area (Å²) in [5.41, 5.74) is 4.40. The summed E-state index contributed by atoms with van der Waals surface area (Å²) in [5.74, 6) is 0. The highest BCUT2D eigenvalue weighted by Crippen LogP contribution is 2.19. The van der Waals surface area contributed by atoms with Gasteiger partial charge in [0.25, 0.3) is 0 Å². The third-order valence-corrected chi connectivity index (χ3v) is 3.90. The van der Waals surface area contributed by atoms with Crippen molar-refractivity contribution in [1.29, 1.82) is 0 Å². The molecule has 0 saturated carbocycles. The van der Waals surface area contributed by atoms with E-state index in [1.807, 2.05) is 0 Å². The molecule has 78 valence electrons. The lowest BCUT2D eigenvalue weighted by atomic mass is 9.97. The van der Waals surface area contributed by atoms with E-state index in [0.29, 0.717) is 4.83 Å². The smallest absolute Gasteiger partial charge is 0.0146 e. The molecule has 0 aliphatic rings. The van der Waals surface area contributed by atoms with Gasteiger partial charge in [-0.2, -0.15) is 0 Å². The van der Waals surface area contributed by atoms with Crippen molar-refractivity contribution >= 4 is 15.9 Å². The quantitative estimate of drug-likeness (QED) is 0.699. The maximum absolute atomic E-state index is 3.68. The van der Waals surface area contributed by atoms with Crippen LogP contribution in [0.25, 0.3) is 0 Å². The van der Waals surface area contributed by atoms with Crippen LogP contribution in [-0.2, 0) is 6.42 Å². The molecule has 0 radical (unpaired) electrons. The van der Waals surface area contributed by atoms with Crippen LogP contribution in [0.2, 0.25) is 0 Å². The fourth-order valence-electron chi connectivity index (χ4n) is 1.75. The maximum Gasteiger partial charge on any atom is 0.0146 e. The molecule has 0 nitrogen and oxygen atoms in total. The zero-order valence-electron chi connectivity index (χ0n) is 9.31. The zero-order chi connectivity index (χ0) is 10.6. The Morgan fingerprint density at radius 1 is 1.21 bits per heavy atom. The average Bonchev–Trinajstić information content (AvgIpc) is 2.16. The highest BCUT2D eigenvalue weighted by atomic mass is 79.9.